The minimum Gasteiger partial charge on any atom is -0.484 e. The maximum Gasteiger partial charge on any atom is 0.261 e. The van der Waals surface area contributed by atoms with Crippen LogP contribution in [0, 0.1) is 13.8 Å². The van der Waals surface area contributed by atoms with Crippen molar-refractivity contribution in [2.24, 2.45) is 0 Å². The number of halogens is 1. The predicted octanol–water partition coefficient (Wildman–Crippen LogP) is 6.42. The van der Waals surface area contributed by atoms with E-state index in [0.29, 0.717) is 17.2 Å². The van der Waals surface area contributed by atoms with E-state index in [1.807, 2.05) is 74.5 Å². The molecule has 1 unspecified atom stereocenters. The molecule has 1 N–H and O–H groups in total. The van der Waals surface area contributed by atoms with Gasteiger partial charge in [0, 0.05) is 24.0 Å². The second kappa shape index (κ2) is 13.5. The topological polar surface area (TPSA) is 58.6 Å². The second-order valence-electron chi connectivity index (χ2n) is 10.2. The molecule has 0 heterocycles. The summed E-state index contributed by atoms with van der Waals surface area (Å²) in [4.78, 5) is 29.2. The lowest BCUT2D eigenvalue weighted by Crippen LogP contribution is -2.53. The lowest BCUT2D eigenvalue weighted by atomic mass is 9.94. The third-order valence-electron chi connectivity index (χ3n) is 7.33. The van der Waals surface area contributed by atoms with Crippen LogP contribution >= 0.6 is 11.6 Å². The summed E-state index contributed by atoms with van der Waals surface area (Å²) >= 11 is 6.12. The van der Waals surface area contributed by atoms with Crippen molar-refractivity contribution in [1.82, 2.24) is 10.2 Å². The smallest absolute Gasteiger partial charge is 0.261 e. The molecule has 1 aliphatic carbocycles. The molecule has 3 aromatic rings. The van der Waals surface area contributed by atoms with Crippen LogP contribution in [0.25, 0.3) is 0 Å². The van der Waals surface area contributed by atoms with E-state index in [1.54, 1.807) is 17.0 Å². The summed E-state index contributed by atoms with van der Waals surface area (Å²) in [5.41, 5.74) is 4.16. The Hall–Kier alpha value is -3.31. The third kappa shape index (κ3) is 7.84. The summed E-state index contributed by atoms with van der Waals surface area (Å²) in [7, 11) is 0. The molecule has 1 aliphatic rings. The molecule has 38 heavy (non-hydrogen) atoms. The summed E-state index contributed by atoms with van der Waals surface area (Å²) in [5.74, 6) is 0.284. The van der Waals surface area contributed by atoms with E-state index in [9.17, 15) is 9.59 Å². The van der Waals surface area contributed by atoms with Gasteiger partial charge in [0.2, 0.25) is 5.91 Å². The number of hydrogen-bond acceptors (Lipinski definition) is 3. The van der Waals surface area contributed by atoms with Crippen LogP contribution < -0.4 is 10.1 Å². The summed E-state index contributed by atoms with van der Waals surface area (Å²) < 4.78 is 5.93. The van der Waals surface area contributed by atoms with Gasteiger partial charge >= 0.3 is 0 Å². The van der Waals surface area contributed by atoms with E-state index in [-0.39, 0.29) is 31.0 Å². The quantitative estimate of drug-likeness (QED) is 0.327. The number of nitrogens with one attached hydrogen (secondary N) is 1. The molecule has 3 aromatic carbocycles. The van der Waals surface area contributed by atoms with E-state index in [0.717, 1.165) is 47.9 Å². The first-order chi connectivity index (χ1) is 18.4. The zero-order valence-corrected chi connectivity index (χ0v) is 23.0. The van der Waals surface area contributed by atoms with Gasteiger partial charge in [0.05, 0.1) is 0 Å². The molecule has 0 aliphatic heterocycles. The van der Waals surface area contributed by atoms with Crippen LogP contribution in [0.5, 0.6) is 5.75 Å². The van der Waals surface area contributed by atoms with E-state index in [4.69, 9.17) is 16.3 Å². The number of amides is 2. The number of benzene rings is 3. The lowest BCUT2D eigenvalue weighted by Gasteiger charge is -2.33. The monoisotopic (exact) mass is 532 g/mol. The van der Waals surface area contributed by atoms with E-state index in [2.05, 4.69) is 5.32 Å². The van der Waals surface area contributed by atoms with Gasteiger partial charge in [-0.1, -0.05) is 79.4 Å². The molecule has 5 nitrogen and oxygen atoms in total. The van der Waals surface area contributed by atoms with Gasteiger partial charge in [-0.25, -0.2) is 0 Å². The first kappa shape index (κ1) is 27.7. The van der Waals surface area contributed by atoms with Crippen molar-refractivity contribution in [1.29, 1.82) is 0 Å². The average molecular weight is 533 g/mol. The van der Waals surface area contributed by atoms with E-state index < -0.39 is 6.04 Å². The van der Waals surface area contributed by atoms with Gasteiger partial charge in [-0.3, -0.25) is 9.59 Å². The normalized spacial score (nSPS) is 14.5. The standard InChI is InChI=1S/C32H37ClN2O3/c1-23-13-18-29(19-24(23)2)38-22-31(36)35(21-26-14-16-27(33)17-15-26)30(20-25-9-5-3-6-10-25)32(37)34-28-11-7-4-8-12-28/h3,5-6,9-10,13-19,28,30H,4,7-8,11-12,20-22H2,1-2H3,(H,34,37). The minimum absolute atomic E-state index is 0.116. The van der Waals surface area contributed by atoms with Gasteiger partial charge in [0.25, 0.3) is 5.91 Å². The van der Waals surface area contributed by atoms with Gasteiger partial charge in [0.1, 0.15) is 11.8 Å². The number of nitrogens with zero attached hydrogens (tertiary/aromatic N) is 1. The first-order valence-electron chi connectivity index (χ1n) is 13.5. The zero-order valence-electron chi connectivity index (χ0n) is 22.3. The molecule has 1 fully saturated rings. The van der Waals surface area contributed by atoms with Crippen molar-refractivity contribution >= 4 is 23.4 Å². The predicted molar refractivity (Wildman–Crippen MR) is 152 cm³/mol. The maximum absolute atomic E-state index is 13.8. The van der Waals surface area contributed by atoms with E-state index in [1.165, 1.54) is 6.42 Å². The van der Waals surface area contributed by atoms with Crippen molar-refractivity contribution in [2.75, 3.05) is 6.61 Å². The molecule has 2 amide bonds. The highest BCUT2D eigenvalue weighted by Gasteiger charge is 2.32. The lowest BCUT2D eigenvalue weighted by molar-refractivity contribution is -0.143. The molecular formula is C32H37ClN2O3. The van der Waals surface area contributed by atoms with Crippen LogP contribution in [-0.4, -0.2) is 35.4 Å². The first-order valence-corrected chi connectivity index (χ1v) is 13.8. The molecule has 1 atom stereocenters. The highest BCUT2D eigenvalue weighted by Crippen LogP contribution is 2.21. The zero-order chi connectivity index (χ0) is 26.9. The van der Waals surface area contributed by atoms with E-state index >= 15 is 0 Å². The number of ether oxygens (including phenoxy) is 1. The number of aryl methyl sites for hydroxylation is 2. The van der Waals surface area contributed by atoms with Crippen molar-refractivity contribution in [2.45, 2.75) is 71.0 Å². The fourth-order valence-corrected chi connectivity index (χ4v) is 5.04. The second-order valence-corrected chi connectivity index (χ2v) is 10.7. The number of carbonyl (C=O) groups excluding carboxylic acids is 2. The Kier molecular flexibility index (Phi) is 9.83. The molecule has 4 rings (SSSR count). The maximum atomic E-state index is 13.8. The van der Waals surface area contributed by atoms with Gasteiger partial charge in [-0.15, -0.1) is 0 Å². The Bertz CT molecular complexity index is 1210. The Morgan fingerprint density at radius 2 is 1.63 bits per heavy atom. The van der Waals surface area contributed by atoms with Gasteiger partial charge in [-0.05, 0) is 73.2 Å². The van der Waals surface area contributed by atoms with Crippen LogP contribution in [0.4, 0.5) is 0 Å². The fourth-order valence-electron chi connectivity index (χ4n) is 4.92. The van der Waals surface area contributed by atoms with Crippen LogP contribution in [0.2, 0.25) is 5.02 Å². The third-order valence-corrected chi connectivity index (χ3v) is 7.58. The minimum atomic E-state index is -0.675. The van der Waals surface area contributed by atoms with Gasteiger partial charge in [-0.2, -0.15) is 0 Å². The molecule has 1 saturated carbocycles. The molecule has 6 heteroatoms. The van der Waals surface area contributed by atoms with Crippen molar-refractivity contribution in [3.05, 3.63) is 100 Å². The summed E-state index contributed by atoms with van der Waals surface area (Å²) in [5, 5.41) is 3.89. The van der Waals surface area contributed by atoms with Crippen LogP contribution in [-0.2, 0) is 22.6 Å². The molecule has 200 valence electrons. The highest BCUT2D eigenvalue weighted by atomic mass is 35.5. The fraction of sp³-hybridized carbons (Fsp3) is 0.375. The SMILES string of the molecule is Cc1ccc(OCC(=O)N(Cc2ccc(Cl)cc2)C(Cc2ccccc2)C(=O)NC2CCCCC2)cc1C. The van der Waals surface area contributed by atoms with Crippen LogP contribution in [0.3, 0.4) is 0 Å². The van der Waals surface area contributed by atoms with Gasteiger partial charge < -0.3 is 15.0 Å². The van der Waals surface area contributed by atoms with Crippen LogP contribution in [0.1, 0.15) is 54.4 Å². The number of hydrogen-bond donors (Lipinski definition) is 1. The average Bonchev–Trinajstić information content (AvgIpc) is 2.93. The Morgan fingerprint density at radius 1 is 0.921 bits per heavy atom. The van der Waals surface area contributed by atoms with Crippen molar-refractivity contribution in [3.63, 3.8) is 0 Å². The molecule has 0 saturated heterocycles. The molecule has 0 aromatic heterocycles. The number of rotatable bonds is 10. The van der Waals surface area contributed by atoms with Crippen LogP contribution in [0.15, 0.2) is 72.8 Å². The molecular weight excluding hydrogens is 496 g/mol. The summed E-state index contributed by atoms with van der Waals surface area (Å²) in [6.07, 6.45) is 5.81. The van der Waals surface area contributed by atoms with Crippen molar-refractivity contribution < 1.29 is 14.3 Å². The Morgan fingerprint density at radius 3 is 2.32 bits per heavy atom. The molecule has 0 bridgehead atoms. The Labute approximate surface area is 231 Å². The largest absolute Gasteiger partial charge is 0.484 e. The Balaban J connectivity index is 1.60. The van der Waals surface area contributed by atoms with Crippen molar-refractivity contribution in [3.8, 4) is 5.75 Å². The summed E-state index contributed by atoms with van der Waals surface area (Å²) in [6, 6.07) is 22.5. The molecule has 0 radical (unpaired) electrons. The highest BCUT2D eigenvalue weighted by molar-refractivity contribution is 6.30. The van der Waals surface area contributed by atoms with Gasteiger partial charge in [0.15, 0.2) is 6.61 Å². The number of carbonyl (C=O) groups is 2. The summed E-state index contributed by atoms with van der Waals surface area (Å²) in [6.45, 7) is 4.18. The molecule has 0 spiro atoms.